The number of cyclic esters (lactones) is 1. The van der Waals surface area contributed by atoms with Crippen LogP contribution < -0.4 is 5.56 Å². The van der Waals surface area contributed by atoms with Crippen molar-refractivity contribution in [2.24, 2.45) is 0 Å². The minimum absolute atomic E-state index is 0.204. The fourth-order valence-electron chi connectivity index (χ4n) is 2.64. The average Bonchev–Trinajstić information content (AvgIpc) is 2.47. The molecular weight excluding hydrogens is 256 g/mol. The largest absolute Gasteiger partial charge is 0.461 e. The Labute approximate surface area is 113 Å². The minimum Gasteiger partial charge on any atom is -0.461 e. The Kier molecular flexibility index (Phi) is 2.18. The van der Waals surface area contributed by atoms with E-state index in [9.17, 15) is 9.59 Å². The molecule has 0 spiro atoms. The fraction of sp³-hybridized carbons (Fsp3) is 0.133. The zero-order chi connectivity index (χ0) is 13.7. The summed E-state index contributed by atoms with van der Waals surface area (Å²) >= 11 is 0. The van der Waals surface area contributed by atoms with Gasteiger partial charge in [0.25, 0.3) is 5.56 Å². The second kappa shape index (κ2) is 3.90. The summed E-state index contributed by atoms with van der Waals surface area (Å²) in [6.07, 6.45) is 0.650. The molecule has 0 radical (unpaired) electrons. The molecule has 98 valence electrons. The summed E-state index contributed by atoms with van der Waals surface area (Å²) < 4.78 is 4.98. The molecule has 5 nitrogen and oxygen atoms in total. The molecule has 0 amide bonds. The van der Waals surface area contributed by atoms with E-state index >= 15 is 0 Å². The molecule has 3 heterocycles. The molecule has 0 bridgehead atoms. The third-order valence-corrected chi connectivity index (χ3v) is 3.59. The minimum atomic E-state index is -0.429. The number of carbonyl (C=O) groups excluding carboxylic acids is 1. The number of hydrogen-bond donors (Lipinski definition) is 1. The van der Waals surface area contributed by atoms with Gasteiger partial charge in [-0.3, -0.25) is 4.79 Å². The summed E-state index contributed by atoms with van der Waals surface area (Å²) in [6, 6.07) is 9.31. The van der Waals surface area contributed by atoms with E-state index in [2.05, 4.69) is 9.97 Å². The van der Waals surface area contributed by atoms with E-state index in [1.807, 2.05) is 24.3 Å². The van der Waals surface area contributed by atoms with Gasteiger partial charge in [-0.1, -0.05) is 18.2 Å². The molecule has 2 aromatic heterocycles. The monoisotopic (exact) mass is 266 g/mol. The normalized spacial score (nSPS) is 14.3. The van der Waals surface area contributed by atoms with Gasteiger partial charge in [0, 0.05) is 17.2 Å². The number of esters is 1. The molecule has 1 aliphatic rings. The molecule has 1 N–H and O–H groups in total. The predicted molar refractivity (Wildman–Crippen MR) is 73.9 cm³/mol. The molecule has 0 unspecified atom stereocenters. The van der Waals surface area contributed by atoms with Gasteiger partial charge in [0.15, 0.2) is 5.69 Å². The van der Waals surface area contributed by atoms with Crippen molar-refractivity contribution >= 4 is 27.8 Å². The molecule has 5 heteroatoms. The summed E-state index contributed by atoms with van der Waals surface area (Å²) in [5.41, 5.74) is 1.39. The molecular formula is C15H10N2O3. The van der Waals surface area contributed by atoms with Crippen LogP contribution in [0.25, 0.3) is 21.8 Å². The number of nitrogens with zero attached hydrogens (tertiary/aromatic N) is 1. The van der Waals surface area contributed by atoms with Gasteiger partial charge < -0.3 is 9.72 Å². The zero-order valence-electron chi connectivity index (χ0n) is 10.5. The molecule has 4 rings (SSSR count). The van der Waals surface area contributed by atoms with Crippen molar-refractivity contribution in [3.8, 4) is 0 Å². The topological polar surface area (TPSA) is 72.0 Å². The maximum atomic E-state index is 12.0. The van der Waals surface area contributed by atoms with Gasteiger partial charge in [0.05, 0.1) is 6.61 Å². The van der Waals surface area contributed by atoms with Crippen molar-refractivity contribution in [1.82, 2.24) is 9.97 Å². The lowest BCUT2D eigenvalue weighted by molar-refractivity contribution is 0.0472. The van der Waals surface area contributed by atoms with E-state index in [1.54, 1.807) is 6.07 Å². The van der Waals surface area contributed by atoms with E-state index in [-0.39, 0.29) is 5.56 Å². The van der Waals surface area contributed by atoms with Crippen LogP contribution in [0.2, 0.25) is 0 Å². The van der Waals surface area contributed by atoms with E-state index in [1.165, 1.54) is 0 Å². The van der Waals surface area contributed by atoms with Crippen molar-refractivity contribution in [3.05, 3.63) is 51.9 Å². The van der Waals surface area contributed by atoms with Crippen LogP contribution in [0.5, 0.6) is 0 Å². The number of benzene rings is 1. The first-order valence-electron chi connectivity index (χ1n) is 6.36. The Morgan fingerprint density at radius 1 is 1.10 bits per heavy atom. The van der Waals surface area contributed by atoms with Gasteiger partial charge in [-0.2, -0.15) is 0 Å². The smallest absolute Gasteiger partial charge is 0.357 e. The molecule has 0 fully saturated rings. The van der Waals surface area contributed by atoms with Crippen molar-refractivity contribution in [2.45, 2.75) is 6.42 Å². The predicted octanol–water partition coefficient (Wildman–Crippen LogP) is 1.79. The van der Waals surface area contributed by atoms with Gasteiger partial charge >= 0.3 is 5.97 Å². The average molecular weight is 266 g/mol. The number of hydrogen-bond acceptors (Lipinski definition) is 4. The number of pyridine rings is 2. The molecule has 0 aliphatic carbocycles. The van der Waals surface area contributed by atoms with Crippen molar-refractivity contribution in [3.63, 3.8) is 0 Å². The first kappa shape index (κ1) is 11.2. The Morgan fingerprint density at radius 2 is 1.90 bits per heavy atom. The molecule has 20 heavy (non-hydrogen) atoms. The lowest BCUT2D eigenvalue weighted by atomic mass is 10.0. The number of aromatic nitrogens is 2. The number of carbonyl (C=O) groups is 1. The van der Waals surface area contributed by atoms with Crippen LogP contribution in [0.3, 0.4) is 0 Å². The molecule has 1 aromatic carbocycles. The van der Waals surface area contributed by atoms with Gasteiger partial charge in [-0.05, 0) is 23.1 Å². The van der Waals surface area contributed by atoms with Gasteiger partial charge in [0.2, 0.25) is 0 Å². The third kappa shape index (κ3) is 1.46. The number of H-pyrrole nitrogens is 1. The molecule has 0 saturated carbocycles. The van der Waals surface area contributed by atoms with Crippen molar-refractivity contribution < 1.29 is 9.53 Å². The molecule has 0 saturated heterocycles. The highest BCUT2D eigenvalue weighted by Gasteiger charge is 2.21. The number of rotatable bonds is 0. The van der Waals surface area contributed by atoms with Gasteiger partial charge in [-0.25, -0.2) is 9.78 Å². The van der Waals surface area contributed by atoms with E-state index in [0.717, 1.165) is 16.3 Å². The lowest BCUT2D eigenvalue weighted by Crippen LogP contribution is -2.20. The van der Waals surface area contributed by atoms with E-state index < -0.39 is 5.97 Å². The maximum absolute atomic E-state index is 12.0. The van der Waals surface area contributed by atoms with Crippen LogP contribution in [0, 0.1) is 0 Å². The Hall–Kier alpha value is -2.69. The Morgan fingerprint density at radius 3 is 2.75 bits per heavy atom. The van der Waals surface area contributed by atoms with Crippen molar-refractivity contribution in [2.75, 3.05) is 6.61 Å². The summed E-state index contributed by atoms with van der Waals surface area (Å²) in [7, 11) is 0. The van der Waals surface area contributed by atoms with Gasteiger partial charge in [-0.15, -0.1) is 0 Å². The quantitative estimate of drug-likeness (QED) is 0.497. The first-order valence-corrected chi connectivity index (χ1v) is 6.36. The van der Waals surface area contributed by atoms with Crippen LogP contribution in [0.1, 0.15) is 16.1 Å². The maximum Gasteiger partial charge on any atom is 0.357 e. The fourth-order valence-corrected chi connectivity index (χ4v) is 2.64. The van der Waals surface area contributed by atoms with Crippen LogP contribution in [-0.2, 0) is 11.2 Å². The molecule has 3 aromatic rings. The second-order valence-corrected chi connectivity index (χ2v) is 4.78. The van der Waals surface area contributed by atoms with Crippen LogP contribution in [0.15, 0.2) is 35.1 Å². The van der Waals surface area contributed by atoms with Crippen LogP contribution in [-0.4, -0.2) is 22.5 Å². The van der Waals surface area contributed by atoms with Crippen molar-refractivity contribution in [1.29, 1.82) is 0 Å². The number of aromatic amines is 1. The number of nitrogens with one attached hydrogen (secondary N) is 1. The summed E-state index contributed by atoms with van der Waals surface area (Å²) in [5, 5.41) is 2.33. The molecule has 1 aliphatic heterocycles. The highest BCUT2D eigenvalue weighted by atomic mass is 16.5. The zero-order valence-corrected chi connectivity index (χ0v) is 10.5. The SMILES string of the molecule is O=C1OCCc2cc3c(nc21)[nH]c(=O)c1ccccc13. The first-order chi connectivity index (χ1) is 9.74. The van der Waals surface area contributed by atoms with E-state index in [4.69, 9.17) is 4.74 Å². The molecule has 0 atom stereocenters. The lowest BCUT2D eigenvalue weighted by Gasteiger charge is -2.15. The Bertz CT molecular complexity index is 927. The standard InChI is InChI=1S/C15H10N2O3/c18-14-10-4-2-1-3-9(10)11-7-8-5-6-20-15(19)12(8)16-13(11)17-14/h1-4,7H,5-6H2,(H,16,17,18). The Balaban J connectivity index is 2.19. The highest BCUT2D eigenvalue weighted by Crippen LogP contribution is 2.24. The summed E-state index contributed by atoms with van der Waals surface area (Å²) in [4.78, 5) is 30.7. The van der Waals surface area contributed by atoms with Gasteiger partial charge in [0.1, 0.15) is 5.65 Å². The summed E-state index contributed by atoms with van der Waals surface area (Å²) in [5.74, 6) is -0.429. The number of fused-ring (bicyclic) bond motifs is 4. The third-order valence-electron chi connectivity index (χ3n) is 3.59. The highest BCUT2D eigenvalue weighted by molar-refractivity contribution is 6.05. The second-order valence-electron chi connectivity index (χ2n) is 4.78. The van der Waals surface area contributed by atoms with Crippen LogP contribution >= 0.6 is 0 Å². The summed E-state index contributed by atoms with van der Waals surface area (Å²) in [6.45, 7) is 0.375. The number of ether oxygens (including phenoxy) is 1. The van der Waals surface area contributed by atoms with Crippen LogP contribution in [0.4, 0.5) is 0 Å². The van der Waals surface area contributed by atoms with E-state index in [0.29, 0.717) is 29.8 Å².